The van der Waals surface area contributed by atoms with Crippen molar-refractivity contribution < 1.29 is 4.74 Å². The van der Waals surface area contributed by atoms with Gasteiger partial charge < -0.3 is 10.1 Å². The highest BCUT2D eigenvalue weighted by Crippen LogP contribution is 2.29. The van der Waals surface area contributed by atoms with Gasteiger partial charge in [-0.15, -0.1) is 0 Å². The normalized spacial score (nSPS) is 18.1. The summed E-state index contributed by atoms with van der Waals surface area (Å²) in [5.74, 6) is 0. The van der Waals surface area contributed by atoms with Gasteiger partial charge >= 0.3 is 0 Å². The molecule has 1 N–H and O–H groups in total. The van der Waals surface area contributed by atoms with Crippen molar-refractivity contribution in [2.75, 3.05) is 11.9 Å². The minimum Gasteiger partial charge on any atom is -0.376 e. The molecule has 0 saturated carbocycles. The van der Waals surface area contributed by atoms with Crippen LogP contribution >= 0.6 is 0 Å². The largest absolute Gasteiger partial charge is 0.376 e. The van der Waals surface area contributed by atoms with Gasteiger partial charge in [0.25, 0.3) is 0 Å². The zero-order valence-electron chi connectivity index (χ0n) is 13.0. The van der Waals surface area contributed by atoms with E-state index >= 15 is 0 Å². The molecule has 2 aromatic carbocycles. The van der Waals surface area contributed by atoms with E-state index in [4.69, 9.17) is 4.74 Å². The Kier molecular flexibility index (Phi) is 3.73. The van der Waals surface area contributed by atoms with E-state index in [1.54, 1.807) is 0 Å². The number of anilines is 1. The van der Waals surface area contributed by atoms with E-state index in [0.29, 0.717) is 0 Å². The number of rotatable bonds is 2. The van der Waals surface area contributed by atoms with Crippen molar-refractivity contribution in [1.82, 2.24) is 0 Å². The molecule has 1 unspecified atom stereocenters. The summed E-state index contributed by atoms with van der Waals surface area (Å²) in [5, 5.41) is 3.59. The molecule has 0 aliphatic carbocycles. The van der Waals surface area contributed by atoms with Gasteiger partial charge in [0.05, 0.1) is 19.3 Å². The smallest absolute Gasteiger partial charge is 0.0751 e. The Balaban J connectivity index is 1.79. The highest BCUT2D eigenvalue weighted by molar-refractivity contribution is 5.49. The third-order valence-electron chi connectivity index (χ3n) is 4.06. The number of nitrogens with one attached hydrogen (secondary N) is 1. The molecule has 1 aliphatic rings. The maximum Gasteiger partial charge on any atom is 0.0751 e. The van der Waals surface area contributed by atoms with Gasteiger partial charge in [-0.05, 0) is 34.2 Å². The zero-order chi connectivity index (χ0) is 14.9. The van der Waals surface area contributed by atoms with Crippen LogP contribution in [0.2, 0.25) is 0 Å². The summed E-state index contributed by atoms with van der Waals surface area (Å²) in [4.78, 5) is 0. The molecule has 21 heavy (non-hydrogen) atoms. The molecule has 0 spiro atoms. The molecular weight excluding hydrogens is 258 g/mol. The molecule has 0 fully saturated rings. The van der Waals surface area contributed by atoms with Gasteiger partial charge in [-0.3, -0.25) is 0 Å². The van der Waals surface area contributed by atoms with Crippen LogP contribution in [0.15, 0.2) is 48.5 Å². The molecular formula is C19H23NO. The fourth-order valence-corrected chi connectivity index (χ4v) is 2.77. The molecule has 1 aliphatic heterocycles. The van der Waals surface area contributed by atoms with Crippen molar-refractivity contribution in [1.29, 1.82) is 0 Å². The second kappa shape index (κ2) is 5.53. The molecule has 1 heterocycles. The minimum absolute atomic E-state index is 0.194. The Bertz CT molecular complexity index is 610. The van der Waals surface area contributed by atoms with E-state index in [9.17, 15) is 0 Å². The molecule has 110 valence electrons. The summed E-state index contributed by atoms with van der Waals surface area (Å²) in [5.41, 5.74) is 5.33. The molecule has 0 radical (unpaired) electrons. The fourth-order valence-electron chi connectivity index (χ4n) is 2.77. The SMILES string of the molecule is CC(C)(C)c1ccc(NC2COCc3ccccc32)cc1. The van der Waals surface area contributed by atoms with Gasteiger partial charge in [0.1, 0.15) is 0 Å². The maximum atomic E-state index is 5.70. The molecule has 2 nitrogen and oxygen atoms in total. The third kappa shape index (κ3) is 3.11. The van der Waals surface area contributed by atoms with Crippen LogP contribution in [0.3, 0.4) is 0 Å². The maximum absolute atomic E-state index is 5.70. The molecule has 2 heteroatoms. The second-order valence-corrected chi connectivity index (χ2v) is 6.74. The Labute approximate surface area is 127 Å². The van der Waals surface area contributed by atoms with Crippen LogP contribution in [0.25, 0.3) is 0 Å². The average Bonchev–Trinajstić information content (AvgIpc) is 2.47. The lowest BCUT2D eigenvalue weighted by Gasteiger charge is -2.27. The number of hydrogen-bond acceptors (Lipinski definition) is 2. The summed E-state index contributed by atoms with van der Waals surface area (Å²) in [6.07, 6.45) is 0. The monoisotopic (exact) mass is 281 g/mol. The van der Waals surface area contributed by atoms with Crippen LogP contribution in [0.1, 0.15) is 43.5 Å². The average molecular weight is 281 g/mol. The predicted octanol–water partition coefficient (Wildman–Crippen LogP) is 4.67. The Morgan fingerprint density at radius 2 is 1.71 bits per heavy atom. The van der Waals surface area contributed by atoms with Crippen LogP contribution in [-0.2, 0) is 16.8 Å². The first-order valence-electron chi connectivity index (χ1n) is 7.57. The lowest BCUT2D eigenvalue weighted by atomic mass is 9.87. The van der Waals surface area contributed by atoms with Crippen molar-refractivity contribution in [2.24, 2.45) is 0 Å². The highest BCUT2D eigenvalue weighted by atomic mass is 16.5. The molecule has 0 amide bonds. The van der Waals surface area contributed by atoms with Crippen molar-refractivity contribution >= 4 is 5.69 Å². The summed E-state index contributed by atoms with van der Waals surface area (Å²) in [6, 6.07) is 17.5. The molecule has 0 aromatic heterocycles. The van der Waals surface area contributed by atoms with Crippen LogP contribution in [-0.4, -0.2) is 6.61 Å². The topological polar surface area (TPSA) is 21.3 Å². The standard InChI is InChI=1S/C19H23NO/c1-19(2,3)15-8-10-16(11-9-15)20-18-13-21-12-14-6-4-5-7-17(14)18/h4-11,18,20H,12-13H2,1-3H3. The molecule has 0 bridgehead atoms. The summed E-state index contributed by atoms with van der Waals surface area (Å²) < 4.78 is 5.70. The summed E-state index contributed by atoms with van der Waals surface area (Å²) >= 11 is 0. The Morgan fingerprint density at radius 3 is 2.43 bits per heavy atom. The predicted molar refractivity (Wildman–Crippen MR) is 87.6 cm³/mol. The van der Waals surface area contributed by atoms with Gasteiger partial charge in [-0.25, -0.2) is 0 Å². The van der Waals surface area contributed by atoms with E-state index < -0.39 is 0 Å². The number of benzene rings is 2. The summed E-state index contributed by atoms with van der Waals surface area (Å²) in [7, 11) is 0. The van der Waals surface area contributed by atoms with Gasteiger partial charge in [-0.2, -0.15) is 0 Å². The molecule has 2 aromatic rings. The lowest BCUT2D eigenvalue weighted by molar-refractivity contribution is 0.0970. The zero-order valence-corrected chi connectivity index (χ0v) is 13.0. The van der Waals surface area contributed by atoms with E-state index in [2.05, 4.69) is 74.6 Å². The second-order valence-electron chi connectivity index (χ2n) is 6.74. The first-order valence-corrected chi connectivity index (χ1v) is 7.57. The van der Waals surface area contributed by atoms with Crippen molar-refractivity contribution in [3.63, 3.8) is 0 Å². The quantitative estimate of drug-likeness (QED) is 0.864. The van der Waals surface area contributed by atoms with Gasteiger partial charge in [-0.1, -0.05) is 57.2 Å². The van der Waals surface area contributed by atoms with Gasteiger partial charge in [0.2, 0.25) is 0 Å². The van der Waals surface area contributed by atoms with E-state index in [0.717, 1.165) is 18.9 Å². The first kappa shape index (κ1) is 14.2. The van der Waals surface area contributed by atoms with Crippen LogP contribution in [0, 0.1) is 0 Å². The van der Waals surface area contributed by atoms with Crippen molar-refractivity contribution in [2.45, 2.75) is 38.8 Å². The fraction of sp³-hybridized carbons (Fsp3) is 0.368. The molecule has 0 saturated heterocycles. The number of fused-ring (bicyclic) bond motifs is 1. The van der Waals surface area contributed by atoms with Crippen LogP contribution < -0.4 is 5.32 Å². The lowest BCUT2D eigenvalue weighted by Crippen LogP contribution is -2.23. The van der Waals surface area contributed by atoms with E-state index in [-0.39, 0.29) is 11.5 Å². The van der Waals surface area contributed by atoms with Gasteiger partial charge in [0, 0.05) is 5.69 Å². The highest BCUT2D eigenvalue weighted by Gasteiger charge is 2.20. The third-order valence-corrected chi connectivity index (χ3v) is 4.06. The number of hydrogen-bond donors (Lipinski definition) is 1. The first-order chi connectivity index (χ1) is 10.0. The van der Waals surface area contributed by atoms with E-state index in [1.807, 2.05) is 0 Å². The van der Waals surface area contributed by atoms with Crippen molar-refractivity contribution in [3.8, 4) is 0 Å². The van der Waals surface area contributed by atoms with Crippen molar-refractivity contribution in [3.05, 3.63) is 65.2 Å². The molecule has 1 atom stereocenters. The van der Waals surface area contributed by atoms with Crippen LogP contribution in [0.4, 0.5) is 5.69 Å². The molecule has 3 rings (SSSR count). The summed E-state index contributed by atoms with van der Waals surface area (Å²) in [6.45, 7) is 8.15. The van der Waals surface area contributed by atoms with Gasteiger partial charge in [0.15, 0.2) is 0 Å². The Morgan fingerprint density at radius 1 is 1.00 bits per heavy atom. The van der Waals surface area contributed by atoms with Crippen LogP contribution in [0.5, 0.6) is 0 Å². The number of ether oxygens (including phenoxy) is 1. The van der Waals surface area contributed by atoms with E-state index in [1.165, 1.54) is 16.7 Å². The minimum atomic E-state index is 0.194. The Hall–Kier alpha value is -1.80.